The minimum atomic E-state index is 0.00474. The van der Waals surface area contributed by atoms with Crippen molar-refractivity contribution in [2.45, 2.75) is 19.9 Å². The quantitative estimate of drug-likeness (QED) is 0.488. The van der Waals surface area contributed by atoms with Gasteiger partial charge in [0.15, 0.2) is 11.5 Å². The summed E-state index contributed by atoms with van der Waals surface area (Å²) in [5.74, 6) is 2.84. The molecule has 5 rings (SSSR count). The Labute approximate surface area is 177 Å². The second kappa shape index (κ2) is 7.89. The van der Waals surface area contributed by atoms with E-state index in [-0.39, 0.29) is 13.4 Å². The number of hydrogen-bond donors (Lipinski definition) is 2. The highest BCUT2D eigenvalue weighted by Gasteiger charge is 2.19. The molecule has 1 aliphatic heterocycles. The van der Waals surface area contributed by atoms with E-state index in [0.717, 1.165) is 50.0 Å². The molecular formula is C22H20N4O3S. The van der Waals surface area contributed by atoms with Crippen molar-refractivity contribution in [2.24, 2.45) is 0 Å². The Morgan fingerprint density at radius 3 is 2.87 bits per heavy atom. The van der Waals surface area contributed by atoms with Crippen LogP contribution in [0.2, 0.25) is 0 Å². The van der Waals surface area contributed by atoms with Crippen molar-refractivity contribution in [3.63, 3.8) is 0 Å². The number of benzene rings is 1. The number of aryl methyl sites for hydroxylation is 1. The van der Waals surface area contributed by atoms with E-state index in [1.807, 2.05) is 43.3 Å². The molecule has 7 nitrogen and oxygen atoms in total. The van der Waals surface area contributed by atoms with Crippen LogP contribution in [0.15, 0.2) is 41.8 Å². The molecule has 0 amide bonds. The van der Waals surface area contributed by atoms with Crippen molar-refractivity contribution in [1.82, 2.24) is 15.0 Å². The van der Waals surface area contributed by atoms with Gasteiger partial charge in [0.2, 0.25) is 6.79 Å². The Morgan fingerprint density at radius 2 is 2.00 bits per heavy atom. The van der Waals surface area contributed by atoms with Gasteiger partial charge in [-0.3, -0.25) is 4.98 Å². The smallest absolute Gasteiger partial charge is 0.231 e. The average Bonchev–Trinajstić information content (AvgIpc) is 3.38. The third-order valence-electron chi connectivity index (χ3n) is 4.88. The van der Waals surface area contributed by atoms with Gasteiger partial charge in [0.05, 0.1) is 24.2 Å². The lowest BCUT2D eigenvalue weighted by Crippen LogP contribution is -2.07. The van der Waals surface area contributed by atoms with Crippen LogP contribution in [0.1, 0.15) is 17.2 Å². The fourth-order valence-electron chi connectivity index (χ4n) is 3.47. The lowest BCUT2D eigenvalue weighted by Gasteiger charge is -2.11. The molecule has 0 atom stereocenters. The van der Waals surface area contributed by atoms with Crippen molar-refractivity contribution < 1.29 is 14.6 Å². The van der Waals surface area contributed by atoms with Gasteiger partial charge in [0.25, 0.3) is 0 Å². The molecule has 1 aliphatic rings. The van der Waals surface area contributed by atoms with Crippen LogP contribution >= 0.6 is 11.3 Å². The van der Waals surface area contributed by atoms with Crippen molar-refractivity contribution in [2.75, 3.05) is 18.7 Å². The lowest BCUT2D eigenvalue weighted by atomic mass is 10.1. The summed E-state index contributed by atoms with van der Waals surface area (Å²) in [7, 11) is 0. The molecule has 0 unspecified atom stereocenters. The van der Waals surface area contributed by atoms with Gasteiger partial charge in [-0.05, 0) is 36.8 Å². The molecule has 8 heteroatoms. The fourth-order valence-corrected chi connectivity index (χ4v) is 4.44. The zero-order chi connectivity index (χ0) is 20.5. The van der Waals surface area contributed by atoms with E-state index in [4.69, 9.17) is 14.5 Å². The van der Waals surface area contributed by atoms with E-state index >= 15 is 0 Å². The highest BCUT2D eigenvalue weighted by molar-refractivity contribution is 7.17. The predicted molar refractivity (Wildman–Crippen MR) is 116 cm³/mol. The third kappa shape index (κ3) is 3.55. The Bertz CT molecular complexity index is 1220. The standard InChI is InChI=1S/C22H20N4O3S/c1-13-3-2-4-15(24-13)10-23-21-20-16(11-30-22(20)26-19(25-21)7-8-27)14-5-6-17-18(9-14)29-12-28-17/h2-6,9,11,27H,7-8,10,12H2,1H3,(H,23,25,26). The molecule has 3 aromatic heterocycles. The van der Waals surface area contributed by atoms with E-state index in [0.29, 0.717) is 18.8 Å². The number of aliphatic hydroxyl groups excluding tert-OH is 1. The summed E-state index contributed by atoms with van der Waals surface area (Å²) in [6, 6.07) is 11.9. The number of nitrogens with one attached hydrogen (secondary N) is 1. The van der Waals surface area contributed by atoms with Crippen LogP contribution in [0.3, 0.4) is 0 Å². The molecule has 0 saturated carbocycles. The molecule has 0 radical (unpaired) electrons. The molecule has 30 heavy (non-hydrogen) atoms. The Kier molecular flexibility index (Phi) is 4.94. The SMILES string of the molecule is Cc1cccc(CNc2nc(CCO)nc3scc(-c4ccc5c(c4)OCO5)c23)n1. The monoisotopic (exact) mass is 420 g/mol. The molecule has 4 aromatic rings. The molecule has 0 spiro atoms. The van der Waals surface area contributed by atoms with Gasteiger partial charge < -0.3 is 19.9 Å². The predicted octanol–water partition coefficient (Wildman–Crippen LogP) is 3.94. The van der Waals surface area contributed by atoms with Crippen molar-refractivity contribution in [3.8, 4) is 22.6 Å². The summed E-state index contributed by atoms with van der Waals surface area (Å²) < 4.78 is 11.0. The van der Waals surface area contributed by atoms with Gasteiger partial charge in [0.1, 0.15) is 16.5 Å². The number of aliphatic hydroxyl groups is 1. The Hall–Kier alpha value is -3.23. The highest BCUT2D eigenvalue weighted by Crippen LogP contribution is 2.41. The first-order valence-electron chi connectivity index (χ1n) is 9.66. The highest BCUT2D eigenvalue weighted by atomic mass is 32.1. The number of nitrogens with zero attached hydrogens (tertiary/aromatic N) is 3. The van der Waals surface area contributed by atoms with Crippen LogP contribution in [-0.2, 0) is 13.0 Å². The molecule has 0 aliphatic carbocycles. The van der Waals surface area contributed by atoms with Crippen LogP contribution in [0.4, 0.5) is 5.82 Å². The number of hydrogen-bond acceptors (Lipinski definition) is 8. The van der Waals surface area contributed by atoms with Gasteiger partial charge in [-0.15, -0.1) is 11.3 Å². The number of pyridine rings is 1. The van der Waals surface area contributed by atoms with E-state index in [1.54, 1.807) is 11.3 Å². The summed E-state index contributed by atoms with van der Waals surface area (Å²) in [6.45, 7) is 2.77. The first-order chi connectivity index (χ1) is 14.7. The minimum Gasteiger partial charge on any atom is -0.454 e. The summed E-state index contributed by atoms with van der Waals surface area (Å²) in [4.78, 5) is 14.8. The van der Waals surface area contributed by atoms with Crippen LogP contribution in [0.5, 0.6) is 11.5 Å². The number of aromatic nitrogens is 3. The van der Waals surface area contributed by atoms with Crippen LogP contribution < -0.4 is 14.8 Å². The van der Waals surface area contributed by atoms with E-state index in [9.17, 15) is 5.11 Å². The maximum Gasteiger partial charge on any atom is 0.231 e. The maximum atomic E-state index is 9.36. The number of rotatable bonds is 6. The molecular weight excluding hydrogens is 400 g/mol. The van der Waals surface area contributed by atoms with Gasteiger partial charge >= 0.3 is 0 Å². The molecule has 1 aromatic carbocycles. The largest absolute Gasteiger partial charge is 0.454 e. The molecule has 0 saturated heterocycles. The van der Waals surface area contributed by atoms with Crippen molar-refractivity contribution in [3.05, 3.63) is 59.0 Å². The number of thiophene rings is 1. The summed E-state index contributed by atoms with van der Waals surface area (Å²) in [5, 5.41) is 15.8. The van der Waals surface area contributed by atoms with Crippen LogP contribution in [0, 0.1) is 6.92 Å². The summed E-state index contributed by atoms with van der Waals surface area (Å²) in [6.07, 6.45) is 0.407. The second-order valence-corrected chi connectivity index (χ2v) is 7.84. The van der Waals surface area contributed by atoms with Gasteiger partial charge in [-0.2, -0.15) is 0 Å². The average molecular weight is 420 g/mol. The van der Waals surface area contributed by atoms with Gasteiger partial charge in [-0.25, -0.2) is 9.97 Å². The van der Waals surface area contributed by atoms with E-state index in [1.165, 1.54) is 0 Å². The van der Waals surface area contributed by atoms with E-state index < -0.39 is 0 Å². The van der Waals surface area contributed by atoms with Crippen LogP contribution in [-0.4, -0.2) is 33.5 Å². The molecule has 2 N–H and O–H groups in total. The lowest BCUT2D eigenvalue weighted by molar-refractivity contribution is 0.174. The van der Waals surface area contributed by atoms with Crippen LogP contribution in [0.25, 0.3) is 21.3 Å². The summed E-state index contributed by atoms with van der Waals surface area (Å²) >= 11 is 1.56. The number of anilines is 1. The van der Waals surface area contributed by atoms with E-state index in [2.05, 4.69) is 20.7 Å². The molecule has 0 fully saturated rings. The normalized spacial score (nSPS) is 12.5. The second-order valence-electron chi connectivity index (χ2n) is 6.98. The summed E-state index contributed by atoms with van der Waals surface area (Å²) in [5.41, 5.74) is 3.95. The first kappa shape index (κ1) is 18.8. The number of fused-ring (bicyclic) bond motifs is 2. The third-order valence-corrected chi connectivity index (χ3v) is 5.75. The Morgan fingerprint density at radius 1 is 1.10 bits per heavy atom. The molecule has 152 valence electrons. The molecule has 4 heterocycles. The maximum absolute atomic E-state index is 9.36. The molecule has 0 bridgehead atoms. The van der Waals surface area contributed by atoms with Gasteiger partial charge in [0, 0.05) is 23.1 Å². The zero-order valence-corrected chi connectivity index (χ0v) is 17.2. The number of ether oxygens (including phenoxy) is 2. The zero-order valence-electron chi connectivity index (χ0n) is 16.4. The van der Waals surface area contributed by atoms with Crippen molar-refractivity contribution in [1.29, 1.82) is 0 Å². The topological polar surface area (TPSA) is 89.4 Å². The Balaban J connectivity index is 1.57. The minimum absolute atomic E-state index is 0.00474. The first-order valence-corrected chi connectivity index (χ1v) is 10.5. The fraction of sp³-hybridized carbons (Fsp3) is 0.227. The van der Waals surface area contributed by atoms with Gasteiger partial charge in [-0.1, -0.05) is 12.1 Å². The van der Waals surface area contributed by atoms with Crippen molar-refractivity contribution >= 4 is 27.4 Å².